The molecule has 0 heterocycles. The average molecular weight is 343 g/mol. The van der Waals surface area contributed by atoms with Crippen LogP contribution in [0.3, 0.4) is 0 Å². The Morgan fingerprint density at radius 3 is 2.25 bits per heavy atom. The van der Waals surface area contributed by atoms with Gasteiger partial charge in [0.05, 0.1) is 11.8 Å². The van der Waals surface area contributed by atoms with Crippen molar-refractivity contribution in [3.05, 3.63) is 58.6 Å². The van der Waals surface area contributed by atoms with Gasteiger partial charge >= 0.3 is 0 Å². The molecule has 4 nitrogen and oxygen atoms in total. The quantitative estimate of drug-likeness (QED) is 0.876. The lowest BCUT2D eigenvalue weighted by Gasteiger charge is -2.09. The van der Waals surface area contributed by atoms with Crippen molar-refractivity contribution in [1.82, 2.24) is 0 Å². The minimum absolute atomic E-state index is 0.0973. The number of rotatable bonds is 4. The molecule has 24 heavy (non-hydrogen) atoms. The SMILES string of the molecule is Cc1ccc(C)c(NC(=O)C2CC2C(=O)Nc2ccc(Cl)cc2)c1. The number of halogens is 1. The van der Waals surface area contributed by atoms with Gasteiger partial charge in [0.2, 0.25) is 11.8 Å². The standard InChI is InChI=1S/C19H19ClN2O2/c1-11-3-4-12(2)17(9-11)22-19(24)16-10-15(16)18(23)21-14-7-5-13(20)6-8-14/h3-9,15-16H,10H2,1-2H3,(H,21,23)(H,22,24). The number of carbonyl (C=O) groups excluding carboxylic acids is 2. The number of nitrogens with one attached hydrogen (secondary N) is 2. The first kappa shape index (κ1) is 16.5. The second kappa shape index (κ2) is 6.65. The molecule has 2 N–H and O–H groups in total. The number of aryl methyl sites for hydroxylation is 2. The van der Waals surface area contributed by atoms with Gasteiger partial charge in [-0.15, -0.1) is 0 Å². The zero-order valence-electron chi connectivity index (χ0n) is 13.6. The smallest absolute Gasteiger partial charge is 0.228 e. The highest BCUT2D eigenvalue weighted by Crippen LogP contribution is 2.40. The van der Waals surface area contributed by atoms with E-state index in [0.29, 0.717) is 17.1 Å². The van der Waals surface area contributed by atoms with Crippen LogP contribution in [0.4, 0.5) is 11.4 Å². The van der Waals surface area contributed by atoms with E-state index in [1.165, 1.54) is 0 Å². The first-order chi connectivity index (χ1) is 11.4. The third-order valence-corrected chi connectivity index (χ3v) is 4.48. The molecule has 2 aromatic carbocycles. The molecule has 0 spiro atoms. The number of hydrogen-bond acceptors (Lipinski definition) is 2. The lowest BCUT2D eigenvalue weighted by Crippen LogP contribution is -2.20. The van der Waals surface area contributed by atoms with E-state index in [2.05, 4.69) is 10.6 Å². The summed E-state index contributed by atoms with van der Waals surface area (Å²) in [5.41, 5.74) is 3.59. The molecule has 0 aliphatic heterocycles. The van der Waals surface area contributed by atoms with E-state index in [1.807, 2.05) is 32.0 Å². The molecule has 1 aliphatic carbocycles. The third-order valence-electron chi connectivity index (χ3n) is 4.23. The molecular weight excluding hydrogens is 324 g/mol. The van der Waals surface area contributed by atoms with Gasteiger partial charge in [0.25, 0.3) is 0 Å². The topological polar surface area (TPSA) is 58.2 Å². The molecule has 0 radical (unpaired) electrons. The largest absolute Gasteiger partial charge is 0.326 e. The van der Waals surface area contributed by atoms with Crippen molar-refractivity contribution in [1.29, 1.82) is 0 Å². The predicted octanol–water partition coefficient (Wildman–Crippen LogP) is 4.17. The maximum absolute atomic E-state index is 12.3. The van der Waals surface area contributed by atoms with Crippen molar-refractivity contribution in [3.63, 3.8) is 0 Å². The summed E-state index contributed by atoms with van der Waals surface area (Å²) in [5, 5.41) is 6.37. The van der Waals surface area contributed by atoms with Crippen LogP contribution < -0.4 is 10.6 Å². The lowest BCUT2D eigenvalue weighted by atomic mass is 10.1. The first-order valence-electron chi connectivity index (χ1n) is 7.88. The predicted molar refractivity (Wildman–Crippen MR) is 96.2 cm³/mol. The Hall–Kier alpha value is -2.33. The fourth-order valence-corrected chi connectivity index (χ4v) is 2.76. The highest BCUT2D eigenvalue weighted by atomic mass is 35.5. The van der Waals surface area contributed by atoms with Gasteiger partial charge in [0, 0.05) is 16.4 Å². The van der Waals surface area contributed by atoms with Crippen LogP contribution in [0.25, 0.3) is 0 Å². The van der Waals surface area contributed by atoms with Crippen molar-refractivity contribution < 1.29 is 9.59 Å². The molecule has 1 fully saturated rings. The Kier molecular flexibility index (Phi) is 4.58. The summed E-state index contributed by atoms with van der Waals surface area (Å²) >= 11 is 5.82. The van der Waals surface area contributed by atoms with Crippen molar-refractivity contribution in [2.24, 2.45) is 11.8 Å². The summed E-state index contributed by atoms with van der Waals surface area (Å²) in [6.45, 7) is 3.93. The van der Waals surface area contributed by atoms with E-state index in [1.54, 1.807) is 24.3 Å². The number of carbonyl (C=O) groups is 2. The Morgan fingerprint density at radius 2 is 1.58 bits per heavy atom. The van der Waals surface area contributed by atoms with Crippen LogP contribution in [-0.2, 0) is 9.59 Å². The van der Waals surface area contributed by atoms with Crippen LogP contribution in [0, 0.1) is 25.7 Å². The van der Waals surface area contributed by atoms with Gasteiger partial charge in [0.1, 0.15) is 0 Å². The van der Waals surface area contributed by atoms with Crippen molar-refractivity contribution in [3.8, 4) is 0 Å². The van der Waals surface area contributed by atoms with Crippen molar-refractivity contribution >= 4 is 34.8 Å². The number of anilines is 2. The molecule has 2 amide bonds. The van der Waals surface area contributed by atoms with E-state index in [9.17, 15) is 9.59 Å². The van der Waals surface area contributed by atoms with Gasteiger partial charge < -0.3 is 10.6 Å². The summed E-state index contributed by atoms with van der Waals surface area (Å²) in [6, 6.07) is 12.8. The first-order valence-corrected chi connectivity index (χ1v) is 8.26. The van der Waals surface area contributed by atoms with Crippen LogP contribution in [0.5, 0.6) is 0 Å². The lowest BCUT2D eigenvalue weighted by molar-refractivity contribution is -0.122. The minimum Gasteiger partial charge on any atom is -0.326 e. The number of hydrogen-bond donors (Lipinski definition) is 2. The van der Waals surface area contributed by atoms with Crippen molar-refractivity contribution in [2.45, 2.75) is 20.3 Å². The maximum Gasteiger partial charge on any atom is 0.228 e. The molecule has 5 heteroatoms. The summed E-state index contributed by atoms with van der Waals surface area (Å²) in [5.74, 6) is -0.763. The molecule has 2 unspecified atom stereocenters. The van der Waals surface area contributed by atoms with Gasteiger partial charge in [-0.2, -0.15) is 0 Å². The van der Waals surface area contributed by atoms with E-state index < -0.39 is 0 Å². The fourth-order valence-electron chi connectivity index (χ4n) is 2.64. The molecular formula is C19H19ClN2O2. The monoisotopic (exact) mass is 342 g/mol. The summed E-state index contributed by atoms with van der Waals surface area (Å²) in [6.07, 6.45) is 0.579. The van der Waals surface area contributed by atoms with Crippen LogP contribution in [0.15, 0.2) is 42.5 Å². The summed E-state index contributed by atoms with van der Waals surface area (Å²) < 4.78 is 0. The maximum atomic E-state index is 12.3. The third kappa shape index (κ3) is 3.77. The second-order valence-electron chi connectivity index (χ2n) is 6.25. The van der Waals surface area contributed by atoms with Crippen LogP contribution in [0.2, 0.25) is 5.02 Å². The zero-order valence-corrected chi connectivity index (χ0v) is 14.4. The molecule has 0 bridgehead atoms. The molecule has 0 aromatic heterocycles. The van der Waals surface area contributed by atoms with Gasteiger partial charge in [0.15, 0.2) is 0 Å². The average Bonchev–Trinajstić information content (AvgIpc) is 3.34. The molecule has 3 rings (SSSR count). The Labute approximate surface area is 146 Å². The summed E-state index contributed by atoms with van der Waals surface area (Å²) in [7, 11) is 0. The van der Waals surface area contributed by atoms with Gasteiger partial charge in [-0.1, -0.05) is 23.7 Å². The fraction of sp³-hybridized carbons (Fsp3) is 0.263. The minimum atomic E-state index is -0.272. The Morgan fingerprint density at radius 1 is 0.958 bits per heavy atom. The van der Waals surface area contributed by atoms with Gasteiger partial charge in [-0.05, 0) is 61.7 Å². The van der Waals surface area contributed by atoms with Crippen LogP contribution >= 0.6 is 11.6 Å². The highest BCUT2D eigenvalue weighted by molar-refractivity contribution is 6.30. The Balaban J connectivity index is 1.58. The molecule has 2 atom stereocenters. The number of benzene rings is 2. The number of amides is 2. The van der Waals surface area contributed by atoms with E-state index in [4.69, 9.17) is 11.6 Å². The second-order valence-corrected chi connectivity index (χ2v) is 6.69. The van der Waals surface area contributed by atoms with E-state index in [0.717, 1.165) is 16.8 Å². The zero-order chi connectivity index (χ0) is 17.3. The molecule has 1 aliphatic rings. The van der Waals surface area contributed by atoms with E-state index in [-0.39, 0.29) is 23.7 Å². The Bertz CT molecular complexity index is 786. The summed E-state index contributed by atoms with van der Waals surface area (Å²) in [4.78, 5) is 24.6. The molecule has 124 valence electrons. The normalized spacial score (nSPS) is 18.8. The highest BCUT2D eigenvalue weighted by Gasteiger charge is 2.48. The van der Waals surface area contributed by atoms with Crippen LogP contribution in [-0.4, -0.2) is 11.8 Å². The van der Waals surface area contributed by atoms with Gasteiger partial charge in [-0.3, -0.25) is 9.59 Å². The van der Waals surface area contributed by atoms with Gasteiger partial charge in [-0.25, -0.2) is 0 Å². The van der Waals surface area contributed by atoms with Crippen molar-refractivity contribution in [2.75, 3.05) is 10.6 Å². The molecule has 0 saturated heterocycles. The molecule has 2 aromatic rings. The van der Waals surface area contributed by atoms with E-state index >= 15 is 0 Å². The molecule has 1 saturated carbocycles. The van der Waals surface area contributed by atoms with Crippen LogP contribution in [0.1, 0.15) is 17.5 Å².